The highest BCUT2D eigenvalue weighted by atomic mass is 32.2. The normalized spacial score (nSPS) is 14.4. The molecule has 0 spiro atoms. The quantitative estimate of drug-likeness (QED) is 0.874. The molecule has 0 unspecified atom stereocenters. The second-order valence-corrected chi connectivity index (χ2v) is 7.19. The van der Waals surface area contributed by atoms with Crippen molar-refractivity contribution in [2.24, 2.45) is 0 Å². The maximum Gasteiger partial charge on any atom is 0.573 e. The first kappa shape index (κ1) is 17.3. The lowest BCUT2D eigenvalue weighted by atomic mass is 9.98. The van der Waals surface area contributed by atoms with Gasteiger partial charge < -0.3 is 4.74 Å². The predicted octanol–water partition coefficient (Wildman–Crippen LogP) is 4.31. The van der Waals surface area contributed by atoms with E-state index in [2.05, 4.69) is 9.46 Å². The van der Waals surface area contributed by atoms with Gasteiger partial charge in [0.1, 0.15) is 0 Å². The van der Waals surface area contributed by atoms with Gasteiger partial charge in [-0.25, -0.2) is 8.42 Å². The number of alkyl halides is 3. The van der Waals surface area contributed by atoms with Gasteiger partial charge in [-0.3, -0.25) is 4.72 Å². The topological polar surface area (TPSA) is 55.4 Å². The Morgan fingerprint density at radius 2 is 1.64 bits per heavy atom. The Bertz CT molecular complexity index is 921. The number of nitrogens with one attached hydrogen (secondary N) is 1. The van der Waals surface area contributed by atoms with Gasteiger partial charge in [0, 0.05) is 0 Å². The Kier molecular flexibility index (Phi) is 4.47. The van der Waals surface area contributed by atoms with E-state index in [9.17, 15) is 21.6 Å². The minimum absolute atomic E-state index is 0.119. The Labute approximate surface area is 143 Å². The van der Waals surface area contributed by atoms with Crippen LogP contribution in [0.15, 0.2) is 53.4 Å². The second-order valence-electron chi connectivity index (χ2n) is 5.46. The number of allylic oxidation sites excluding steroid dienone is 1. The van der Waals surface area contributed by atoms with Gasteiger partial charge >= 0.3 is 6.36 Å². The molecule has 2 aromatic carbocycles. The Balaban J connectivity index is 1.90. The zero-order valence-electron chi connectivity index (χ0n) is 12.9. The van der Waals surface area contributed by atoms with E-state index in [0.29, 0.717) is 6.42 Å². The molecule has 0 fully saturated rings. The third-order valence-corrected chi connectivity index (χ3v) is 5.22. The van der Waals surface area contributed by atoms with Gasteiger partial charge in [-0.15, -0.1) is 13.2 Å². The summed E-state index contributed by atoms with van der Waals surface area (Å²) in [5.74, 6) is -0.601. The maximum atomic E-state index is 12.6. The molecule has 0 aromatic heterocycles. The van der Waals surface area contributed by atoms with E-state index in [-0.39, 0.29) is 17.0 Å². The van der Waals surface area contributed by atoms with E-state index in [0.717, 1.165) is 17.2 Å². The molecule has 1 aliphatic carbocycles. The Morgan fingerprint density at radius 3 is 2.40 bits per heavy atom. The largest absolute Gasteiger partial charge is 0.573 e. The summed E-state index contributed by atoms with van der Waals surface area (Å²) in [5, 5.41) is 0. The van der Waals surface area contributed by atoms with Crippen LogP contribution in [0, 0.1) is 0 Å². The molecular formula is C17H14F3NO3S. The molecule has 1 N–H and O–H groups in total. The smallest absolute Gasteiger partial charge is 0.404 e. The average molecular weight is 369 g/mol. The summed E-state index contributed by atoms with van der Waals surface area (Å²) >= 11 is 0. The minimum Gasteiger partial charge on any atom is -0.404 e. The molecule has 0 radical (unpaired) electrons. The van der Waals surface area contributed by atoms with Crippen molar-refractivity contribution in [3.63, 3.8) is 0 Å². The number of ether oxygens (including phenoxy) is 1. The fourth-order valence-electron chi connectivity index (χ4n) is 2.59. The summed E-state index contributed by atoms with van der Waals surface area (Å²) in [6.45, 7) is 0. The average Bonchev–Trinajstić information content (AvgIpc) is 2.55. The summed E-state index contributed by atoms with van der Waals surface area (Å²) in [6.07, 6.45) is -2.56. The van der Waals surface area contributed by atoms with Gasteiger partial charge in [0.25, 0.3) is 10.0 Å². The number of hydrogen-bond acceptors (Lipinski definition) is 3. The molecule has 8 heteroatoms. The molecule has 0 aliphatic heterocycles. The fraction of sp³-hybridized carbons (Fsp3) is 0.176. The molecule has 25 heavy (non-hydrogen) atoms. The number of aryl methyl sites for hydroxylation is 1. The van der Waals surface area contributed by atoms with E-state index in [4.69, 9.17) is 0 Å². The highest BCUT2D eigenvalue weighted by Gasteiger charge is 2.33. The van der Waals surface area contributed by atoms with Crippen molar-refractivity contribution >= 4 is 21.8 Å². The summed E-state index contributed by atoms with van der Waals surface area (Å²) in [6, 6.07) is 12.4. The standard InChI is InChI=1S/C17H14F3NO3S/c18-17(19,20)24-16-8-4-3-7-15(16)21-25(22,23)14-10-9-12-5-1-2-6-13(12)11-14/h1-8,11,21H,9-10H2. The number of hydrogen-bond donors (Lipinski definition) is 1. The van der Waals surface area contributed by atoms with Gasteiger partial charge in [-0.05, 0) is 42.2 Å². The molecule has 0 amide bonds. The number of benzene rings is 2. The van der Waals surface area contributed by atoms with Crippen molar-refractivity contribution in [1.29, 1.82) is 0 Å². The van der Waals surface area contributed by atoms with Crippen LogP contribution in [0.4, 0.5) is 18.9 Å². The lowest BCUT2D eigenvalue weighted by molar-refractivity contribution is -0.274. The van der Waals surface area contributed by atoms with Crippen molar-refractivity contribution in [2.75, 3.05) is 4.72 Å². The molecule has 2 aromatic rings. The van der Waals surface area contributed by atoms with E-state index >= 15 is 0 Å². The van der Waals surface area contributed by atoms with Gasteiger partial charge in [0.2, 0.25) is 0 Å². The number of fused-ring (bicyclic) bond motifs is 1. The first-order chi connectivity index (χ1) is 11.7. The number of para-hydroxylation sites is 2. The van der Waals surface area contributed by atoms with Crippen LogP contribution in [0.5, 0.6) is 5.75 Å². The van der Waals surface area contributed by atoms with Crippen LogP contribution in [0.2, 0.25) is 0 Å². The molecule has 0 saturated carbocycles. The number of sulfonamides is 1. The van der Waals surface area contributed by atoms with E-state index in [1.807, 2.05) is 12.1 Å². The number of halogens is 3. The van der Waals surface area contributed by atoms with Crippen LogP contribution in [0.25, 0.3) is 6.08 Å². The van der Waals surface area contributed by atoms with Crippen LogP contribution in [-0.2, 0) is 16.4 Å². The first-order valence-electron chi connectivity index (χ1n) is 7.41. The van der Waals surface area contributed by atoms with Gasteiger partial charge in [0.15, 0.2) is 5.75 Å². The zero-order chi connectivity index (χ0) is 18.1. The molecule has 0 bridgehead atoms. The van der Waals surface area contributed by atoms with Crippen molar-refractivity contribution in [3.8, 4) is 5.75 Å². The predicted molar refractivity (Wildman–Crippen MR) is 88.4 cm³/mol. The van der Waals surface area contributed by atoms with Crippen LogP contribution >= 0.6 is 0 Å². The maximum absolute atomic E-state index is 12.6. The number of rotatable bonds is 4. The molecule has 3 rings (SSSR count). The Morgan fingerprint density at radius 1 is 0.960 bits per heavy atom. The molecular weight excluding hydrogens is 355 g/mol. The summed E-state index contributed by atoms with van der Waals surface area (Å²) in [7, 11) is -3.99. The SMILES string of the molecule is O=S(=O)(Nc1ccccc1OC(F)(F)F)C1=Cc2ccccc2CC1. The zero-order valence-corrected chi connectivity index (χ0v) is 13.7. The van der Waals surface area contributed by atoms with E-state index in [1.165, 1.54) is 24.3 Å². The van der Waals surface area contributed by atoms with E-state index < -0.39 is 22.1 Å². The molecule has 0 heterocycles. The summed E-state index contributed by atoms with van der Waals surface area (Å²) in [5.41, 5.74) is 1.55. The highest BCUT2D eigenvalue weighted by Crippen LogP contribution is 2.33. The second kappa shape index (κ2) is 6.44. The van der Waals surface area contributed by atoms with Crippen molar-refractivity contribution in [2.45, 2.75) is 19.2 Å². The van der Waals surface area contributed by atoms with Gasteiger partial charge in [0.05, 0.1) is 10.6 Å². The van der Waals surface area contributed by atoms with Crippen LogP contribution in [-0.4, -0.2) is 14.8 Å². The monoisotopic (exact) mass is 369 g/mol. The lowest BCUT2D eigenvalue weighted by Crippen LogP contribution is -2.21. The molecule has 0 saturated heterocycles. The molecule has 132 valence electrons. The third-order valence-electron chi connectivity index (χ3n) is 3.71. The number of anilines is 1. The molecule has 0 atom stereocenters. The van der Waals surface area contributed by atoms with Crippen molar-refractivity contribution in [3.05, 3.63) is 64.6 Å². The van der Waals surface area contributed by atoms with Crippen molar-refractivity contribution in [1.82, 2.24) is 0 Å². The van der Waals surface area contributed by atoms with Gasteiger partial charge in [-0.1, -0.05) is 36.4 Å². The fourth-order valence-corrected chi connectivity index (χ4v) is 3.84. The highest BCUT2D eigenvalue weighted by molar-refractivity contribution is 7.96. The lowest BCUT2D eigenvalue weighted by Gasteiger charge is -2.19. The van der Waals surface area contributed by atoms with Crippen LogP contribution in [0.1, 0.15) is 17.5 Å². The van der Waals surface area contributed by atoms with Crippen LogP contribution in [0.3, 0.4) is 0 Å². The van der Waals surface area contributed by atoms with Crippen molar-refractivity contribution < 1.29 is 26.3 Å². The van der Waals surface area contributed by atoms with Gasteiger partial charge in [-0.2, -0.15) is 0 Å². The minimum atomic E-state index is -4.91. The first-order valence-corrected chi connectivity index (χ1v) is 8.89. The van der Waals surface area contributed by atoms with E-state index in [1.54, 1.807) is 12.1 Å². The Hall–Kier alpha value is -2.48. The molecule has 1 aliphatic rings. The van der Waals surface area contributed by atoms with Crippen LogP contribution < -0.4 is 9.46 Å². The summed E-state index contributed by atoms with van der Waals surface area (Å²) in [4.78, 5) is 0.119. The third kappa shape index (κ3) is 4.14. The summed E-state index contributed by atoms with van der Waals surface area (Å²) < 4.78 is 68.6. The molecule has 4 nitrogen and oxygen atoms in total.